The van der Waals surface area contributed by atoms with Crippen molar-refractivity contribution in [1.82, 2.24) is 0 Å². The molecule has 0 spiro atoms. The Hall–Kier alpha value is -2.58. The first-order chi connectivity index (χ1) is 10.7. The summed E-state index contributed by atoms with van der Waals surface area (Å²) in [6.07, 6.45) is 0. The minimum absolute atomic E-state index is 0.699. The van der Waals surface area contributed by atoms with E-state index < -0.39 is 5.60 Å². The Morgan fingerprint density at radius 3 is 2.27 bits per heavy atom. The maximum Gasteiger partial charge on any atom is 0.147 e. The smallest absolute Gasteiger partial charge is 0.147 e. The van der Waals surface area contributed by atoms with Crippen molar-refractivity contribution < 1.29 is 9.84 Å². The molecule has 2 heteroatoms. The summed E-state index contributed by atoms with van der Waals surface area (Å²) < 4.78 is 5.99. The lowest BCUT2D eigenvalue weighted by Gasteiger charge is -2.36. The van der Waals surface area contributed by atoms with Crippen LogP contribution in [0.3, 0.4) is 0 Å². The largest absolute Gasteiger partial charge is 0.457 e. The summed E-state index contributed by atoms with van der Waals surface area (Å²) in [5, 5.41) is 11.7. The highest BCUT2D eigenvalue weighted by Crippen LogP contribution is 2.50. The van der Waals surface area contributed by atoms with E-state index in [1.54, 1.807) is 0 Å². The van der Waals surface area contributed by atoms with Gasteiger partial charge >= 0.3 is 0 Å². The predicted molar refractivity (Wildman–Crippen MR) is 86.2 cm³/mol. The average molecular weight is 288 g/mol. The summed E-state index contributed by atoms with van der Waals surface area (Å²) in [6.45, 7) is 2.02. The molecule has 0 fully saturated rings. The van der Waals surface area contributed by atoms with Gasteiger partial charge in [0.2, 0.25) is 0 Å². The van der Waals surface area contributed by atoms with Crippen LogP contribution in [0.25, 0.3) is 0 Å². The number of ether oxygens (including phenoxy) is 1. The zero-order chi connectivity index (χ0) is 15.2. The number of fused-ring (bicyclic) bond motifs is 2. The number of para-hydroxylation sites is 1. The first kappa shape index (κ1) is 13.1. The summed E-state index contributed by atoms with van der Waals surface area (Å²) in [5.41, 5.74) is 2.31. The van der Waals surface area contributed by atoms with Gasteiger partial charge in [-0.05, 0) is 30.7 Å². The normalized spacial score (nSPS) is 19.0. The third-order valence-corrected chi connectivity index (χ3v) is 4.21. The van der Waals surface area contributed by atoms with Gasteiger partial charge in [0.15, 0.2) is 0 Å². The van der Waals surface area contributed by atoms with Crippen LogP contribution in [-0.2, 0) is 5.60 Å². The topological polar surface area (TPSA) is 29.5 Å². The van der Waals surface area contributed by atoms with Crippen LogP contribution < -0.4 is 4.74 Å². The lowest BCUT2D eigenvalue weighted by atomic mass is 9.78. The maximum absolute atomic E-state index is 11.7. The van der Waals surface area contributed by atoms with Crippen molar-refractivity contribution in [3.63, 3.8) is 0 Å². The van der Waals surface area contributed by atoms with Gasteiger partial charge in [-0.2, -0.15) is 0 Å². The first-order valence-corrected chi connectivity index (χ1v) is 7.36. The van der Waals surface area contributed by atoms with E-state index in [1.807, 2.05) is 79.7 Å². The molecule has 0 unspecified atom stereocenters. The third kappa shape index (κ3) is 1.78. The lowest BCUT2D eigenvalue weighted by Crippen LogP contribution is -2.32. The van der Waals surface area contributed by atoms with Gasteiger partial charge in [0, 0.05) is 11.1 Å². The molecule has 108 valence electrons. The summed E-state index contributed by atoms with van der Waals surface area (Å²) in [5.74, 6) is 1.40. The van der Waals surface area contributed by atoms with Crippen molar-refractivity contribution in [3.05, 3.63) is 95.1 Å². The molecule has 2 nitrogen and oxygen atoms in total. The Balaban J connectivity index is 2.07. The number of hydrogen-bond donors (Lipinski definition) is 1. The van der Waals surface area contributed by atoms with Crippen molar-refractivity contribution in [2.24, 2.45) is 0 Å². The molecule has 4 rings (SSSR count). The number of aliphatic hydroxyl groups is 1. The monoisotopic (exact) mass is 288 g/mol. The second kappa shape index (κ2) is 4.72. The molecule has 0 saturated carbocycles. The molecule has 0 radical (unpaired) electrons. The van der Waals surface area contributed by atoms with Gasteiger partial charge in [-0.1, -0.05) is 60.2 Å². The van der Waals surface area contributed by atoms with E-state index in [0.717, 1.165) is 22.3 Å². The molecule has 1 heterocycles. The van der Waals surface area contributed by atoms with Gasteiger partial charge in [0.25, 0.3) is 0 Å². The van der Waals surface area contributed by atoms with Gasteiger partial charge in [0.05, 0.1) is 0 Å². The Bertz CT molecular complexity index is 839. The quantitative estimate of drug-likeness (QED) is 0.720. The highest BCUT2D eigenvalue weighted by molar-refractivity contribution is 5.61. The molecule has 3 aromatic carbocycles. The molecular formula is C20H16O2. The van der Waals surface area contributed by atoms with Gasteiger partial charge in [-0.3, -0.25) is 0 Å². The number of rotatable bonds is 1. The lowest BCUT2D eigenvalue weighted by molar-refractivity contribution is 0.112. The molecule has 1 aliphatic heterocycles. The van der Waals surface area contributed by atoms with Gasteiger partial charge < -0.3 is 9.84 Å². The number of benzene rings is 3. The average Bonchev–Trinajstić information content (AvgIpc) is 2.57. The second-order valence-corrected chi connectivity index (χ2v) is 5.67. The summed E-state index contributed by atoms with van der Waals surface area (Å²) in [4.78, 5) is 0. The third-order valence-electron chi connectivity index (χ3n) is 4.21. The molecule has 0 amide bonds. The fourth-order valence-corrected chi connectivity index (χ4v) is 3.12. The van der Waals surface area contributed by atoms with Crippen molar-refractivity contribution >= 4 is 0 Å². The Morgan fingerprint density at radius 1 is 0.773 bits per heavy atom. The second-order valence-electron chi connectivity index (χ2n) is 5.67. The zero-order valence-electron chi connectivity index (χ0n) is 12.3. The minimum Gasteiger partial charge on any atom is -0.457 e. The molecule has 0 bridgehead atoms. The standard InChI is InChI=1S/C20H16O2/c1-14-11-12-19-17(13-14)20(21,15-7-3-2-4-8-15)16-9-5-6-10-18(16)22-19/h2-13,21H,1H3/t20-/m1/s1. The van der Waals surface area contributed by atoms with Crippen LogP contribution in [0, 0.1) is 6.92 Å². The van der Waals surface area contributed by atoms with E-state index in [2.05, 4.69) is 0 Å². The van der Waals surface area contributed by atoms with Crippen molar-refractivity contribution in [3.8, 4) is 11.5 Å². The Kier molecular flexibility index (Phi) is 2.81. The van der Waals surface area contributed by atoms with E-state index in [0.29, 0.717) is 11.5 Å². The van der Waals surface area contributed by atoms with E-state index in [9.17, 15) is 5.11 Å². The van der Waals surface area contributed by atoms with E-state index >= 15 is 0 Å². The van der Waals surface area contributed by atoms with Gasteiger partial charge in [-0.25, -0.2) is 0 Å². The summed E-state index contributed by atoms with van der Waals surface area (Å²) >= 11 is 0. The number of aryl methyl sites for hydroxylation is 1. The molecule has 0 saturated heterocycles. The molecular weight excluding hydrogens is 272 g/mol. The summed E-state index contributed by atoms with van der Waals surface area (Å²) in [7, 11) is 0. The Labute approximate surface area is 129 Å². The van der Waals surface area contributed by atoms with Crippen LogP contribution in [0.1, 0.15) is 22.3 Å². The molecule has 1 N–H and O–H groups in total. The molecule has 1 aliphatic rings. The zero-order valence-corrected chi connectivity index (χ0v) is 12.3. The van der Waals surface area contributed by atoms with Crippen LogP contribution in [0.4, 0.5) is 0 Å². The van der Waals surface area contributed by atoms with E-state index in [4.69, 9.17) is 4.74 Å². The minimum atomic E-state index is -1.20. The fourth-order valence-electron chi connectivity index (χ4n) is 3.12. The molecule has 0 aromatic heterocycles. The fraction of sp³-hybridized carbons (Fsp3) is 0.100. The highest BCUT2D eigenvalue weighted by atomic mass is 16.5. The molecule has 0 aliphatic carbocycles. The maximum atomic E-state index is 11.7. The Morgan fingerprint density at radius 2 is 1.45 bits per heavy atom. The van der Waals surface area contributed by atoms with Crippen LogP contribution >= 0.6 is 0 Å². The van der Waals surface area contributed by atoms with Gasteiger partial charge in [0.1, 0.15) is 17.1 Å². The number of hydrogen-bond acceptors (Lipinski definition) is 2. The van der Waals surface area contributed by atoms with Crippen LogP contribution in [0.5, 0.6) is 11.5 Å². The molecule has 22 heavy (non-hydrogen) atoms. The molecule has 3 aromatic rings. The van der Waals surface area contributed by atoms with Gasteiger partial charge in [-0.15, -0.1) is 0 Å². The van der Waals surface area contributed by atoms with Crippen molar-refractivity contribution in [2.45, 2.75) is 12.5 Å². The highest BCUT2D eigenvalue weighted by Gasteiger charge is 2.41. The van der Waals surface area contributed by atoms with E-state index in [-0.39, 0.29) is 0 Å². The van der Waals surface area contributed by atoms with Crippen LogP contribution in [-0.4, -0.2) is 5.11 Å². The van der Waals surface area contributed by atoms with Crippen molar-refractivity contribution in [1.29, 1.82) is 0 Å². The van der Waals surface area contributed by atoms with Crippen molar-refractivity contribution in [2.75, 3.05) is 0 Å². The molecule has 1 atom stereocenters. The van der Waals surface area contributed by atoms with Crippen LogP contribution in [0.2, 0.25) is 0 Å². The predicted octanol–water partition coefficient (Wildman–Crippen LogP) is 4.38. The van der Waals surface area contributed by atoms with Crippen LogP contribution in [0.15, 0.2) is 72.8 Å². The van der Waals surface area contributed by atoms with E-state index in [1.165, 1.54) is 0 Å². The summed E-state index contributed by atoms with van der Waals surface area (Å²) in [6, 6.07) is 23.3. The SMILES string of the molecule is Cc1ccc2c(c1)[C@@](O)(c1ccccc1)c1ccccc1O2. The first-order valence-electron chi connectivity index (χ1n) is 7.36.